The number of anilines is 1. The van der Waals surface area contributed by atoms with Crippen molar-refractivity contribution in [1.29, 1.82) is 5.26 Å². The Balaban J connectivity index is 2.28. The number of hydrogen-bond donors (Lipinski definition) is 1. The van der Waals surface area contributed by atoms with Gasteiger partial charge in [0, 0.05) is 4.47 Å². The molecule has 1 aromatic carbocycles. The highest BCUT2D eigenvalue weighted by Crippen LogP contribution is 2.23. The molecule has 20 heavy (non-hydrogen) atoms. The number of rotatable bonds is 3. The lowest BCUT2D eigenvalue weighted by molar-refractivity contribution is 0.849. The Kier molecular flexibility index (Phi) is 4.35. The summed E-state index contributed by atoms with van der Waals surface area (Å²) < 4.78 is 1.04. The normalized spacial score (nSPS) is 11.8. The zero-order valence-corrected chi connectivity index (χ0v) is 13.2. The van der Waals surface area contributed by atoms with Gasteiger partial charge in [-0.05, 0) is 44.0 Å². The first-order chi connectivity index (χ1) is 9.52. The Labute approximate surface area is 127 Å². The molecule has 0 amide bonds. The smallest absolute Gasteiger partial charge is 0.167 e. The van der Waals surface area contributed by atoms with Gasteiger partial charge in [-0.3, -0.25) is 0 Å². The van der Waals surface area contributed by atoms with E-state index in [9.17, 15) is 5.26 Å². The second kappa shape index (κ2) is 6.02. The van der Waals surface area contributed by atoms with E-state index in [4.69, 9.17) is 0 Å². The summed E-state index contributed by atoms with van der Waals surface area (Å²) in [5.41, 5.74) is 3.33. The number of halogens is 1. The highest BCUT2D eigenvalue weighted by atomic mass is 79.9. The summed E-state index contributed by atoms with van der Waals surface area (Å²) in [5, 5.41) is 20.7. The van der Waals surface area contributed by atoms with E-state index in [1.165, 1.54) is 0 Å². The maximum Gasteiger partial charge on any atom is 0.167 e. The van der Waals surface area contributed by atoms with E-state index in [0.717, 1.165) is 21.3 Å². The van der Waals surface area contributed by atoms with Gasteiger partial charge in [0.2, 0.25) is 0 Å². The summed E-state index contributed by atoms with van der Waals surface area (Å²) in [6.07, 6.45) is 0. The summed E-state index contributed by atoms with van der Waals surface area (Å²) in [6.45, 7) is 5.77. The Hall–Kier alpha value is -1.93. The van der Waals surface area contributed by atoms with Crippen LogP contribution in [0.5, 0.6) is 0 Å². The maximum absolute atomic E-state index is 9.28. The van der Waals surface area contributed by atoms with Crippen molar-refractivity contribution in [2.75, 3.05) is 5.32 Å². The van der Waals surface area contributed by atoms with Crippen molar-refractivity contribution in [3.05, 3.63) is 51.1 Å². The third kappa shape index (κ3) is 2.97. The minimum absolute atomic E-state index is 0.0478. The first-order valence-corrected chi connectivity index (χ1v) is 7.08. The van der Waals surface area contributed by atoms with Gasteiger partial charge in [0.05, 0.1) is 11.7 Å². The van der Waals surface area contributed by atoms with Crippen LogP contribution >= 0.6 is 15.9 Å². The first-order valence-electron chi connectivity index (χ1n) is 6.29. The van der Waals surface area contributed by atoms with Gasteiger partial charge >= 0.3 is 0 Å². The van der Waals surface area contributed by atoms with Crippen LogP contribution < -0.4 is 5.32 Å². The Morgan fingerprint density at radius 1 is 1.20 bits per heavy atom. The molecule has 0 radical (unpaired) electrons. The van der Waals surface area contributed by atoms with Crippen LogP contribution in [0.3, 0.4) is 0 Å². The standard InChI is InChI=1S/C15H15BrN4/c1-9-10(2)19-20-15(14(9)8-17)18-11(3)12-4-6-13(16)7-5-12/h4-7,11H,1-3H3,(H,18,20). The maximum atomic E-state index is 9.28. The molecule has 2 aromatic rings. The number of aromatic nitrogens is 2. The molecule has 5 heteroatoms. The third-order valence-electron chi connectivity index (χ3n) is 3.29. The number of aryl methyl sites for hydroxylation is 1. The van der Waals surface area contributed by atoms with Gasteiger partial charge in [-0.25, -0.2) is 0 Å². The number of nitriles is 1. The van der Waals surface area contributed by atoms with E-state index < -0.39 is 0 Å². The predicted molar refractivity (Wildman–Crippen MR) is 82.4 cm³/mol. The molecule has 1 heterocycles. The molecule has 102 valence electrons. The molecule has 1 unspecified atom stereocenters. The van der Waals surface area contributed by atoms with Crippen molar-refractivity contribution in [3.8, 4) is 6.07 Å². The molecule has 1 aromatic heterocycles. The lowest BCUT2D eigenvalue weighted by Gasteiger charge is -2.16. The topological polar surface area (TPSA) is 61.6 Å². The average Bonchev–Trinajstić information content (AvgIpc) is 2.44. The van der Waals surface area contributed by atoms with Gasteiger partial charge in [0.15, 0.2) is 5.82 Å². The van der Waals surface area contributed by atoms with Crippen LogP contribution in [0.25, 0.3) is 0 Å². The minimum Gasteiger partial charge on any atom is -0.361 e. The van der Waals surface area contributed by atoms with Crippen molar-refractivity contribution in [2.24, 2.45) is 0 Å². The lowest BCUT2D eigenvalue weighted by Crippen LogP contribution is -2.11. The second-order valence-corrected chi connectivity index (χ2v) is 5.58. The van der Waals surface area contributed by atoms with Crippen molar-refractivity contribution in [1.82, 2.24) is 10.2 Å². The Bertz CT molecular complexity index is 659. The molecule has 2 rings (SSSR count). The monoisotopic (exact) mass is 330 g/mol. The van der Waals surface area contributed by atoms with Crippen LogP contribution in [-0.4, -0.2) is 10.2 Å². The fraction of sp³-hybridized carbons (Fsp3) is 0.267. The van der Waals surface area contributed by atoms with Crippen LogP contribution in [0.2, 0.25) is 0 Å². The lowest BCUT2D eigenvalue weighted by atomic mass is 10.1. The zero-order valence-electron chi connectivity index (χ0n) is 11.6. The number of nitrogens with zero attached hydrogens (tertiary/aromatic N) is 3. The first kappa shape index (κ1) is 14.5. The van der Waals surface area contributed by atoms with Gasteiger partial charge < -0.3 is 5.32 Å². The molecule has 0 aliphatic heterocycles. The molecular weight excluding hydrogens is 316 g/mol. The molecule has 0 spiro atoms. The van der Waals surface area contributed by atoms with E-state index in [0.29, 0.717) is 11.4 Å². The quantitative estimate of drug-likeness (QED) is 0.926. The summed E-state index contributed by atoms with van der Waals surface area (Å²) >= 11 is 3.42. The summed E-state index contributed by atoms with van der Waals surface area (Å²) in [5.74, 6) is 0.533. The third-order valence-corrected chi connectivity index (χ3v) is 3.82. The summed E-state index contributed by atoms with van der Waals surface area (Å²) in [6, 6.07) is 10.3. The highest BCUT2D eigenvalue weighted by molar-refractivity contribution is 9.10. The van der Waals surface area contributed by atoms with Crippen LogP contribution in [0, 0.1) is 25.2 Å². The fourth-order valence-electron chi connectivity index (χ4n) is 1.89. The fourth-order valence-corrected chi connectivity index (χ4v) is 2.15. The molecule has 0 fully saturated rings. The van der Waals surface area contributed by atoms with E-state index in [1.807, 2.05) is 45.0 Å². The molecule has 1 atom stereocenters. The van der Waals surface area contributed by atoms with E-state index in [1.54, 1.807) is 0 Å². The molecule has 1 N–H and O–H groups in total. The largest absolute Gasteiger partial charge is 0.361 e. The van der Waals surface area contributed by atoms with Crippen LogP contribution in [0.1, 0.15) is 35.3 Å². The van der Waals surface area contributed by atoms with E-state index in [-0.39, 0.29) is 6.04 Å². The highest BCUT2D eigenvalue weighted by Gasteiger charge is 2.13. The van der Waals surface area contributed by atoms with Crippen molar-refractivity contribution in [2.45, 2.75) is 26.8 Å². The molecule has 0 bridgehead atoms. The second-order valence-electron chi connectivity index (χ2n) is 4.66. The van der Waals surface area contributed by atoms with Gasteiger partial charge in [0.1, 0.15) is 11.6 Å². The minimum atomic E-state index is 0.0478. The van der Waals surface area contributed by atoms with Crippen molar-refractivity contribution >= 4 is 21.7 Å². The Morgan fingerprint density at radius 3 is 2.45 bits per heavy atom. The van der Waals surface area contributed by atoms with Crippen LogP contribution in [0.4, 0.5) is 5.82 Å². The van der Waals surface area contributed by atoms with Crippen molar-refractivity contribution in [3.63, 3.8) is 0 Å². The predicted octanol–water partition coefficient (Wildman–Crippen LogP) is 3.90. The summed E-state index contributed by atoms with van der Waals surface area (Å²) in [7, 11) is 0. The van der Waals surface area contributed by atoms with Crippen molar-refractivity contribution < 1.29 is 0 Å². The van der Waals surface area contributed by atoms with E-state index in [2.05, 4.69) is 37.5 Å². The van der Waals surface area contributed by atoms with Gasteiger partial charge in [-0.2, -0.15) is 10.4 Å². The number of nitrogens with one attached hydrogen (secondary N) is 1. The molecule has 0 saturated carbocycles. The molecular formula is C15H15BrN4. The Morgan fingerprint density at radius 2 is 1.85 bits per heavy atom. The molecule has 4 nitrogen and oxygen atoms in total. The van der Waals surface area contributed by atoms with Gasteiger partial charge in [0.25, 0.3) is 0 Å². The number of benzene rings is 1. The SMILES string of the molecule is Cc1nnc(NC(C)c2ccc(Br)cc2)c(C#N)c1C. The average molecular weight is 331 g/mol. The zero-order chi connectivity index (χ0) is 14.7. The van der Waals surface area contributed by atoms with Gasteiger partial charge in [-0.1, -0.05) is 28.1 Å². The van der Waals surface area contributed by atoms with Crippen LogP contribution in [-0.2, 0) is 0 Å². The molecule has 0 aliphatic carbocycles. The molecule has 0 saturated heterocycles. The number of hydrogen-bond acceptors (Lipinski definition) is 4. The molecule has 0 aliphatic rings. The van der Waals surface area contributed by atoms with E-state index >= 15 is 0 Å². The summed E-state index contributed by atoms with van der Waals surface area (Å²) in [4.78, 5) is 0. The van der Waals surface area contributed by atoms with Gasteiger partial charge in [-0.15, -0.1) is 5.10 Å². The van der Waals surface area contributed by atoms with Crippen LogP contribution in [0.15, 0.2) is 28.7 Å².